The van der Waals surface area contributed by atoms with E-state index in [9.17, 15) is 4.39 Å². The molecule has 0 radical (unpaired) electrons. The maximum atomic E-state index is 13.2. The molecular weight excluding hydrogens is 512 g/mol. The summed E-state index contributed by atoms with van der Waals surface area (Å²) in [6, 6.07) is 10.3. The van der Waals surface area contributed by atoms with E-state index in [1.165, 1.54) is 12.1 Å². The van der Waals surface area contributed by atoms with E-state index in [0.717, 1.165) is 50.2 Å². The normalized spacial score (nSPS) is 14.5. The van der Waals surface area contributed by atoms with Crippen LogP contribution in [0.4, 0.5) is 10.1 Å². The van der Waals surface area contributed by atoms with Crippen LogP contribution in [0, 0.1) is 5.82 Å². The minimum Gasteiger partial charge on any atom is -0.461 e. The van der Waals surface area contributed by atoms with Crippen molar-refractivity contribution < 1.29 is 8.81 Å². The Balaban J connectivity index is 0.00000272. The van der Waals surface area contributed by atoms with Crippen molar-refractivity contribution >= 4 is 35.6 Å². The van der Waals surface area contributed by atoms with Crippen LogP contribution < -0.4 is 10.2 Å². The van der Waals surface area contributed by atoms with Crippen LogP contribution in [0.5, 0.6) is 0 Å². The minimum atomic E-state index is -0.206. The molecular formula is C21H27FIN7O. The van der Waals surface area contributed by atoms with Gasteiger partial charge in [0.1, 0.15) is 11.6 Å². The highest BCUT2D eigenvalue weighted by molar-refractivity contribution is 14.0. The number of furan rings is 1. The Morgan fingerprint density at radius 3 is 2.65 bits per heavy atom. The first kappa shape index (κ1) is 23.0. The summed E-state index contributed by atoms with van der Waals surface area (Å²) in [5.41, 5.74) is 1.05. The van der Waals surface area contributed by atoms with Crippen LogP contribution in [0.3, 0.4) is 0 Å². The van der Waals surface area contributed by atoms with Gasteiger partial charge in [-0.2, -0.15) is 5.10 Å². The van der Waals surface area contributed by atoms with E-state index in [2.05, 4.69) is 37.2 Å². The van der Waals surface area contributed by atoms with Gasteiger partial charge in [0, 0.05) is 51.4 Å². The van der Waals surface area contributed by atoms with Gasteiger partial charge in [0.25, 0.3) is 0 Å². The fourth-order valence-electron chi connectivity index (χ4n) is 3.44. The Hall–Kier alpha value is -2.63. The zero-order valence-electron chi connectivity index (χ0n) is 17.4. The van der Waals surface area contributed by atoms with Gasteiger partial charge in [-0.3, -0.25) is 10.1 Å². The number of anilines is 1. The number of guanidine groups is 1. The Labute approximate surface area is 198 Å². The van der Waals surface area contributed by atoms with Crippen molar-refractivity contribution in [1.82, 2.24) is 25.4 Å². The summed E-state index contributed by atoms with van der Waals surface area (Å²) < 4.78 is 18.5. The number of piperazine rings is 1. The molecule has 0 unspecified atom stereocenters. The molecule has 8 nitrogen and oxygen atoms in total. The number of hydrogen-bond acceptors (Lipinski definition) is 5. The largest absolute Gasteiger partial charge is 0.461 e. The average Bonchev–Trinajstić information content (AvgIpc) is 3.46. The molecule has 31 heavy (non-hydrogen) atoms. The van der Waals surface area contributed by atoms with Gasteiger partial charge in [-0.05, 0) is 43.3 Å². The van der Waals surface area contributed by atoms with Gasteiger partial charge in [0.2, 0.25) is 5.82 Å². The zero-order chi connectivity index (χ0) is 20.8. The van der Waals surface area contributed by atoms with Crippen LogP contribution in [0.1, 0.15) is 12.7 Å². The fourth-order valence-corrected chi connectivity index (χ4v) is 3.44. The van der Waals surface area contributed by atoms with Gasteiger partial charge in [-0.1, -0.05) is 0 Å². The maximum Gasteiger partial charge on any atom is 0.216 e. The number of aliphatic imine (C=N–C) groups is 1. The van der Waals surface area contributed by atoms with Crippen molar-refractivity contribution in [2.24, 2.45) is 4.99 Å². The highest BCUT2D eigenvalue weighted by Gasteiger charge is 2.20. The molecule has 2 aromatic heterocycles. The lowest BCUT2D eigenvalue weighted by Crippen LogP contribution is -2.52. The standard InChI is InChI=1S/C21H26FN7O.HI/c1-2-23-21(24-10-9-19-25-20(27-26-19)18-4-3-15-30-18)29-13-11-28(12-14-29)17-7-5-16(22)6-8-17;/h3-8,15H,2,9-14H2,1H3,(H,23,24)(H,25,26,27);1H. The number of nitrogens with zero attached hydrogens (tertiary/aromatic N) is 5. The SMILES string of the molecule is CCNC(=NCCc1nc(-c2ccco2)n[nH]1)N1CCN(c2ccc(F)cc2)CC1.I. The summed E-state index contributed by atoms with van der Waals surface area (Å²) in [6.45, 7) is 6.92. The second-order valence-electron chi connectivity index (χ2n) is 7.02. The summed E-state index contributed by atoms with van der Waals surface area (Å²) in [7, 11) is 0. The number of rotatable bonds is 6. The topological polar surface area (TPSA) is 85.6 Å². The molecule has 1 fully saturated rings. The van der Waals surface area contributed by atoms with Crippen LogP contribution in [0.25, 0.3) is 11.6 Å². The summed E-state index contributed by atoms with van der Waals surface area (Å²) in [6.07, 6.45) is 2.27. The van der Waals surface area contributed by atoms with Crippen LogP contribution in [-0.4, -0.2) is 65.3 Å². The van der Waals surface area contributed by atoms with Gasteiger partial charge in [0.05, 0.1) is 6.26 Å². The number of benzene rings is 1. The highest BCUT2D eigenvalue weighted by atomic mass is 127. The number of H-pyrrole nitrogens is 1. The molecule has 0 saturated carbocycles. The quantitative estimate of drug-likeness (QED) is 0.285. The van der Waals surface area contributed by atoms with Gasteiger partial charge >= 0.3 is 0 Å². The van der Waals surface area contributed by atoms with E-state index in [0.29, 0.717) is 24.6 Å². The molecule has 2 N–H and O–H groups in total. The molecule has 1 aliphatic heterocycles. The summed E-state index contributed by atoms with van der Waals surface area (Å²) in [5.74, 6) is 2.68. The van der Waals surface area contributed by atoms with Crippen molar-refractivity contribution in [1.29, 1.82) is 0 Å². The van der Waals surface area contributed by atoms with Crippen LogP contribution in [0.15, 0.2) is 52.1 Å². The van der Waals surface area contributed by atoms with Crippen LogP contribution in [-0.2, 0) is 6.42 Å². The molecule has 0 atom stereocenters. The third kappa shape index (κ3) is 5.96. The second kappa shape index (κ2) is 11.1. The number of nitrogens with one attached hydrogen (secondary N) is 2. The predicted octanol–water partition coefficient (Wildman–Crippen LogP) is 3.15. The number of aromatic amines is 1. The lowest BCUT2D eigenvalue weighted by molar-refractivity contribution is 0.372. The van der Waals surface area contributed by atoms with Gasteiger partial charge in [-0.25, -0.2) is 9.37 Å². The first-order valence-corrected chi connectivity index (χ1v) is 10.2. The minimum absolute atomic E-state index is 0. The molecule has 4 rings (SSSR count). The van der Waals surface area contributed by atoms with Crippen molar-refractivity contribution in [2.45, 2.75) is 13.3 Å². The van der Waals surface area contributed by atoms with E-state index >= 15 is 0 Å². The van der Waals surface area contributed by atoms with E-state index < -0.39 is 0 Å². The molecule has 1 saturated heterocycles. The monoisotopic (exact) mass is 539 g/mol. The van der Waals surface area contributed by atoms with Gasteiger partial charge in [-0.15, -0.1) is 24.0 Å². The van der Waals surface area contributed by atoms with Gasteiger partial charge < -0.3 is 19.5 Å². The molecule has 3 aromatic rings. The van der Waals surface area contributed by atoms with E-state index in [1.54, 1.807) is 6.26 Å². The van der Waals surface area contributed by atoms with Crippen molar-refractivity contribution in [2.75, 3.05) is 44.2 Å². The molecule has 1 aliphatic rings. The van der Waals surface area contributed by atoms with E-state index in [1.807, 2.05) is 24.3 Å². The lowest BCUT2D eigenvalue weighted by atomic mass is 10.2. The van der Waals surface area contributed by atoms with Crippen LogP contribution >= 0.6 is 24.0 Å². The average molecular weight is 539 g/mol. The molecule has 10 heteroatoms. The number of aromatic nitrogens is 3. The second-order valence-corrected chi connectivity index (χ2v) is 7.02. The van der Waals surface area contributed by atoms with Crippen molar-refractivity contribution in [3.05, 3.63) is 54.3 Å². The molecule has 3 heterocycles. The molecule has 0 aliphatic carbocycles. The lowest BCUT2D eigenvalue weighted by Gasteiger charge is -2.37. The Morgan fingerprint density at radius 2 is 1.97 bits per heavy atom. The summed E-state index contributed by atoms with van der Waals surface area (Å²) >= 11 is 0. The summed E-state index contributed by atoms with van der Waals surface area (Å²) in [5, 5.41) is 10.5. The predicted molar refractivity (Wildman–Crippen MR) is 129 cm³/mol. The molecule has 0 amide bonds. The Morgan fingerprint density at radius 1 is 1.19 bits per heavy atom. The van der Waals surface area contributed by atoms with E-state index in [4.69, 9.17) is 9.41 Å². The zero-order valence-corrected chi connectivity index (χ0v) is 19.8. The maximum absolute atomic E-state index is 13.2. The first-order chi connectivity index (χ1) is 14.7. The highest BCUT2D eigenvalue weighted by Crippen LogP contribution is 2.17. The fraction of sp³-hybridized carbons (Fsp3) is 0.381. The Bertz CT molecular complexity index is 951. The third-order valence-corrected chi connectivity index (χ3v) is 4.99. The smallest absolute Gasteiger partial charge is 0.216 e. The van der Waals surface area contributed by atoms with Crippen molar-refractivity contribution in [3.63, 3.8) is 0 Å². The number of halogens is 2. The summed E-state index contributed by atoms with van der Waals surface area (Å²) in [4.78, 5) is 13.8. The third-order valence-electron chi connectivity index (χ3n) is 4.99. The van der Waals surface area contributed by atoms with Gasteiger partial charge in [0.15, 0.2) is 11.7 Å². The first-order valence-electron chi connectivity index (χ1n) is 10.2. The molecule has 1 aromatic carbocycles. The van der Waals surface area contributed by atoms with E-state index in [-0.39, 0.29) is 29.8 Å². The number of hydrogen-bond donors (Lipinski definition) is 2. The molecule has 0 spiro atoms. The van der Waals surface area contributed by atoms with Crippen LogP contribution in [0.2, 0.25) is 0 Å². The Kier molecular flexibility index (Phi) is 8.27. The molecule has 0 bridgehead atoms. The molecule has 166 valence electrons. The van der Waals surface area contributed by atoms with Crippen molar-refractivity contribution in [3.8, 4) is 11.6 Å².